The number of nitrogens with one attached hydrogen (secondary N) is 1. The Bertz CT molecular complexity index is 1310. The molecule has 0 saturated carbocycles. The van der Waals surface area contributed by atoms with Crippen molar-refractivity contribution in [2.75, 3.05) is 5.32 Å². The van der Waals surface area contributed by atoms with Crippen LogP contribution < -0.4 is 5.32 Å². The average molecular weight is 425 g/mol. The first-order valence-electron chi connectivity index (χ1n) is 10.6. The summed E-state index contributed by atoms with van der Waals surface area (Å²) in [6.07, 6.45) is 0.357. The number of hydrogen-bond donors (Lipinski definition) is 1. The lowest BCUT2D eigenvalue weighted by Crippen LogP contribution is -2.31. The fraction of sp³-hybridized carbons (Fsp3) is 0.200. The van der Waals surface area contributed by atoms with Crippen molar-refractivity contribution in [1.29, 1.82) is 0 Å². The predicted molar refractivity (Wildman–Crippen MR) is 122 cm³/mol. The van der Waals surface area contributed by atoms with Crippen LogP contribution in [0.3, 0.4) is 0 Å². The number of benzene rings is 3. The number of tetrazole rings is 1. The van der Waals surface area contributed by atoms with E-state index in [1.54, 1.807) is 4.68 Å². The molecular formula is C25H23N5O2. The van der Waals surface area contributed by atoms with Gasteiger partial charge in [0.15, 0.2) is 0 Å². The van der Waals surface area contributed by atoms with Crippen LogP contribution in [-0.2, 0) is 16.0 Å². The molecule has 32 heavy (non-hydrogen) atoms. The van der Waals surface area contributed by atoms with Crippen molar-refractivity contribution in [2.24, 2.45) is 0 Å². The Balaban J connectivity index is 1.53. The van der Waals surface area contributed by atoms with Gasteiger partial charge in [0.2, 0.25) is 5.95 Å². The number of aromatic nitrogens is 4. The second-order valence-electron chi connectivity index (χ2n) is 7.99. The molecule has 3 aromatic carbocycles. The van der Waals surface area contributed by atoms with Gasteiger partial charge in [0, 0.05) is 12.1 Å². The minimum atomic E-state index is -0.497. The lowest BCUT2D eigenvalue weighted by molar-refractivity contribution is -0.144. The maximum atomic E-state index is 13.5. The molecule has 0 amide bonds. The van der Waals surface area contributed by atoms with Crippen molar-refractivity contribution in [3.63, 3.8) is 0 Å². The summed E-state index contributed by atoms with van der Waals surface area (Å²) in [6.45, 7) is 3.77. The number of carbonyl (C=O) groups is 1. The van der Waals surface area contributed by atoms with Gasteiger partial charge < -0.3 is 10.1 Å². The molecule has 0 spiro atoms. The zero-order chi connectivity index (χ0) is 22.1. The third-order valence-electron chi connectivity index (χ3n) is 5.73. The summed E-state index contributed by atoms with van der Waals surface area (Å²) in [5, 5.41) is 17.4. The molecule has 2 unspecified atom stereocenters. The number of hydrogen-bond acceptors (Lipinski definition) is 6. The highest BCUT2D eigenvalue weighted by atomic mass is 16.5. The van der Waals surface area contributed by atoms with Crippen LogP contribution in [0.25, 0.3) is 10.8 Å². The summed E-state index contributed by atoms with van der Waals surface area (Å²) in [4.78, 5) is 13.5. The summed E-state index contributed by atoms with van der Waals surface area (Å²) in [5.41, 5.74) is 3.25. The Morgan fingerprint density at radius 2 is 1.81 bits per heavy atom. The molecule has 1 aliphatic rings. The average Bonchev–Trinajstić information content (AvgIpc) is 3.26. The SMILES string of the molecule is CC1=C(C(=O)OC(C)Cc2ccccc2)C(c2cccc3ccccc23)n2nnnc2N1. The van der Waals surface area contributed by atoms with Crippen molar-refractivity contribution >= 4 is 22.7 Å². The number of esters is 1. The summed E-state index contributed by atoms with van der Waals surface area (Å²) in [7, 11) is 0. The third-order valence-corrected chi connectivity index (χ3v) is 5.73. The summed E-state index contributed by atoms with van der Waals surface area (Å²) in [6, 6.07) is 23.6. The molecule has 2 heterocycles. The Morgan fingerprint density at radius 1 is 1.06 bits per heavy atom. The first-order valence-corrected chi connectivity index (χ1v) is 10.6. The van der Waals surface area contributed by atoms with Gasteiger partial charge in [-0.3, -0.25) is 0 Å². The molecule has 0 saturated heterocycles. The summed E-state index contributed by atoms with van der Waals surface area (Å²) >= 11 is 0. The van der Waals surface area contributed by atoms with Crippen molar-refractivity contribution in [3.8, 4) is 0 Å². The first-order chi connectivity index (χ1) is 15.6. The van der Waals surface area contributed by atoms with Crippen molar-refractivity contribution in [3.05, 3.63) is 95.2 Å². The Hall–Kier alpha value is -4.00. The van der Waals surface area contributed by atoms with Crippen molar-refractivity contribution in [2.45, 2.75) is 32.4 Å². The lowest BCUT2D eigenvalue weighted by atomic mass is 9.91. The van der Waals surface area contributed by atoms with E-state index in [-0.39, 0.29) is 12.1 Å². The molecule has 1 N–H and O–H groups in total. The van der Waals surface area contributed by atoms with Gasteiger partial charge >= 0.3 is 5.97 Å². The summed E-state index contributed by atoms with van der Waals surface area (Å²) in [5.74, 6) is 0.117. The Kier molecular flexibility index (Phi) is 5.15. The van der Waals surface area contributed by atoms with Gasteiger partial charge in [-0.15, -0.1) is 0 Å². The zero-order valence-electron chi connectivity index (χ0n) is 17.9. The predicted octanol–water partition coefficient (Wildman–Crippen LogP) is 4.29. The second kappa shape index (κ2) is 8.26. The van der Waals surface area contributed by atoms with Gasteiger partial charge in [0.25, 0.3) is 0 Å². The molecular weight excluding hydrogens is 402 g/mol. The Morgan fingerprint density at radius 3 is 2.66 bits per heavy atom. The summed E-state index contributed by atoms with van der Waals surface area (Å²) < 4.78 is 7.55. The van der Waals surface area contributed by atoms with Gasteiger partial charge in [-0.25, -0.2) is 4.79 Å². The molecule has 160 valence electrons. The topological polar surface area (TPSA) is 81.9 Å². The van der Waals surface area contributed by atoms with Gasteiger partial charge in [0.05, 0.1) is 5.57 Å². The van der Waals surface area contributed by atoms with E-state index in [0.717, 1.165) is 21.9 Å². The van der Waals surface area contributed by atoms with E-state index < -0.39 is 6.04 Å². The number of nitrogens with zero attached hydrogens (tertiary/aromatic N) is 4. The number of ether oxygens (including phenoxy) is 1. The third kappa shape index (κ3) is 3.62. The van der Waals surface area contributed by atoms with Crippen molar-refractivity contribution in [1.82, 2.24) is 20.2 Å². The molecule has 1 aromatic heterocycles. The standard InChI is InChI=1S/C25H23N5O2/c1-16(15-18-9-4-3-5-10-18)32-24(31)22-17(2)26-25-27-28-29-30(25)23(22)21-14-8-12-19-11-6-7-13-20(19)21/h3-14,16,23H,15H2,1-2H3,(H,26,27,29). The Labute approximate surface area is 185 Å². The molecule has 5 rings (SSSR count). The highest BCUT2D eigenvalue weighted by molar-refractivity contribution is 5.95. The van der Waals surface area contributed by atoms with E-state index in [9.17, 15) is 4.79 Å². The minimum absolute atomic E-state index is 0.284. The van der Waals surface area contributed by atoms with Crippen LogP contribution in [0.5, 0.6) is 0 Å². The minimum Gasteiger partial charge on any atom is -0.459 e. The molecule has 4 aromatic rings. The van der Waals surface area contributed by atoms with Gasteiger partial charge in [-0.1, -0.05) is 77.9 Å². The van der Waals surface area contributed by atoms with E-state index in [0.29, 0.717) is 23.6 Å². The molecule has 1 aliphatic heterocycles. The van der Waals surface area contributed by atoms with Crippen LogP contribution in [-0.4, -0.2) is 32.3 Å². The highest BCUT2D eigenvalue weighted by Crippen LogP contribution is 2.38. The maximum absolute atomic E-state index is 13.5. The largest absolute Gasteiger partial charge is 0.459 e. The number of carbonyl (C=O) groups excluding carboxylic acids is 1. The first kappa shape index (κ1) is 19.9. The van der Waals surface area contributed by atoms with Gasteiger partial charge in [-0.2, -0.15) is 4.68 Å². The smallest absolute Gasteiger partial charge is 0.338 e. The molecule has 7 heteroatoms. The zero-order valence-corrected chi connectivity index (χ0v) is 17.9. The molecule has 0 radical (unpaired) electrons. The van der Waals surface area contributed by atoms with Gasteiger partial charge in [-0.05, 0) is 46.2 Å². The van der Waals surface area contributed by atoms with Crippen LogP contribution in [0.4, 0.5) is 5.95 Å². The normalized spacial score (nSPS) is 16.4. The fourth-order valence-corrected chi connectivity index (χ4v) is 4.29. The van der Waals surface area contributed by atoms with Crippen LogP contribution >= 0.6 is 0 Å². The van der Waals surface area contributed by atoms with E-state index in [2.05, 4.69) is 33.0 Å². The molecule has 2 atom stereocenters. The van der Waals surface area contributed by atoms with E-state index in [4.69, 9.17) is 4.74 Å². The molecule has 0 bridgehead atoms. The van der Waals surface area contributed by atoms with Crippen LogP contribution in [0.1, 0.15) is 31.0 Å². The van der Waals surface area contributed by atoms with Crippen LogP contribution in [0.15, 0.2) is 84.1 Å². The second-order valence-corrected chi connectivity index (χ2v) is 7.99. The van der Waals surface area contributed by atoms with E-state index in [1.165, 1.54) is 0 Å². The van der Waals surface area contributed by atoms with E-state index >= 15 is 0 Å². The van der Waals surface area contributed by atoms with E-state index in [1.807, 2.05) is 74.5 Å². The van der Waals surface area contributed by atoms with Crippen LogP contribution in [0.2, 0.25) is 0 Å². The highest BCUT2D eigenvalue weighted by Gasteiger charge is 2.36. The molecule has 7 nitrogen and oxygen atoms in total. The molecule has 0 fully saturated rings. The monoisotopic (exact) mass is 425 g/mol. The number of anilines is 1. The number of rotatable bonds is 5. The van der Waals surface area contributed by atoms with Crippen LogP contribution in [0, 0.1) is 0 Å². The quantitative estimate of drug-likeness (QED) is 0.481. The number of fused-ring (bicyclic) bond motifs is 2. The van der Waals surface area contributed by atoms with Gasteiger partial charge in [0.1, 0.15) is 12.1 Å². The number of allylic oxidation sites excluding steroid dienone is 1. The molecule has 0 aliphatic carbocycles. The fourth-order valence-electron chi connectivity index (χ4n) is 4.29. The lowest BCUT2D eigenvalue weighted by Gasteiger charge is -2.29. The van der Waals surface area contributed by atoms with Crippen molar-refractivity contribution < 1.29 is 9.53 Å². The maximum Gasteiger partial charge on any atom is 0.338 e.